The lowest BCUT2D eigenvalue weighted by Crippen LogP contribution is -2.29. The maximum Gasteiger partial charge on any atom is 0.369 e. The number of benzene rings is 3. The lowest BCUT2D eigenvalue weighted by molar-refractivity contribution is -0.142. The van der Waals surface area contributed by atoms with Crippen molar-refractivity contribution in [3.8, 4) is 23.0 Å². The van der Waals surface area contributed by atoms with Crippen molar-refractivity contribution in [2.75, 3.05) is 74.4 Å². The maximum absolute atomic E-state index is 11.7. The topological polar surface area (TPSA) is 1060 Å². The van der Waals surface area contributed by atoms with Gasteiger partial charge in [0.1, 0.15) is 65.7 Å². The zero-order valence-corrected chi connectivity index (χ0v) is 85.1. The van der Waals surface area contributed by atoms with E-state index in [2.05, 4.69) is 28.7 Å². The number of aliphatic hydroxyl groups is 1. The molecular weight excluding hydrogens is 2170 g/mol. The molecule has 4 rings (SSSR count). The molecule has 5 atom stereocenters. The fourth-order valence-corrected chi connectivity index (χ4v) is 32.8. The normalized spacial score (nSPS) is 14.4. The number of nitrogens with zero attached hydrogens (tertiary/aromatic N) is 1. The quantitative estimate of drug-likeness (QED) is 0.0100. The van der Waals surface area contributed by atoms with Crippen LogP contribution in [0.1, 0.15) is 103 Å². The van der Waals surface area contributed by atoms with Gasteiger partial charge in [0, 0.05) is 78.6 Å². The summed E-state index contributed by atoms with van der Waals surface area (Å²) in [5, 5.41) is 1.15. The summed E-state index contributed by atoms with van der Waals surface area (Å²) in [5.41, 5.74) is -0.727. The minimum Gasteiger partial charge on any atom is -0.466 e. The van der Waals surface area contributed by atoms with Crippen LogP contribution >= 0.6 is 120 Å². The van der Waals surface area contributed by atoms with Gasteiger partial charge in [-0.3, -0.25) is 116 Å². The summed E-state index contributed by atoms with van der Waals surface area (Å²) in [5.74, 6) is -9.52. The Morgan fingerprint density at radius 1 is 0.289 bits per heavy atom. The minimum atomic E-state index is -5.42. The monoisotopic (exact) mass is 2270 g/mol. The Morgan fingerprint density at radius 2 is 0.533 bits per heavy atom. The smallest absolute Gasteiger partial charge is 0.369 e. The number of rotatable bonds is 39. The summed E-state index contributed by atoms with van der Waals surface area (Å²) < 4.78 is 212. The number of aromatic nitrogens is 1. The molecule has 0 aliphatic carbocycles. The van der Waals surface area contributed by atoms with Gasteiger partial charge in [-0.25, -0.2) is 0 Å². The maximum atomic E-state index is 11.7. The second kappa shape index (κ2) is 58.0. The van der Waals surface area contributed by atoms with Crippen molar-refractivity contribution in [2.45, 2.75) is 97.0 Å². The fourth-order valence-electron chi connectivity index (χ4n) is 8.66. The Labute approximate surface area is 763 Å². The van der Waals surface area contributed by atoms with Crippen LogP contribution in [-0.4, -0.2) is 269 Å². The van der Waals surface area contributed by atoms with Gasteiger partial charge in [0.2, 0.25) is 42.2 Å². The van der Waals surface area contributed by atoms with Gasteiger partial charge < -0.3 is 175 Å². The van der Waals surface area contributed by atoms with Gasteiger partial charge in [-0.1, -0.05) is 12.1 Å². The Kier molecular flexibility index (Phi) is 58.6. The second-order valence-electron chi connectivity index (χ2n) is 26.6. The van der Waals surface area contributed by atoms with E-state index in [1.165, 1.54) is 88.4 Å². The van der Waals surface area contributed by atoms with Gasteiger partial charge in [-0.2, -0.15) is 0 Å². The van der Waals surface area contributed by atoms with E-state index in [4.69, 9.17) is 132 Å². The molecule has 61 nitrogen and oxygen atoms in total. The summed E-state index contributed by atoms with van der Waals surface area (Å²) in [6.07, 6.45) is -0.655. The van der Waals surface area contributed by atoms with E-state index in [0.717, 1.165) is 58.2 Å². The van der Waals surface area contributed by atoms with Gasteiger partial charge >= 0.3 is 131 Å². The molecule has 0 amide bonds. The first-order valence-corrected chi connectivity index (χ1v) is 64.1. The predicted molar refractivity (Wildman–Crippen MR) is 464 cm³/mol. The molecule has 1 aromatic heterocycles. The third kappa shape index (κ3) is 68.8. The van der Waals surface area contributed by atoms with Crippen LogP contribution < -0.4 is 29.6 Å². The summed E-state index contributed by atoms with van der Waals surface area (Å²) in [4.78, 5) is 326. The number of ether oxygens (including phenoxy) is 8. The molecule has 0 spiro atoms. The largest absolute Gasteiger partial charge is 0.466 e. The molecule has 28 N–H and O–H groups in total. The van der Waals surface area contributed by atoms with Crippen LogP contribution in [0.4, 0.5) is 0 Å². The van der Waals surface area contributed by atoms with Gasteiger partial charge in [0.15, 0.2) is 5.40 Å². The van der Waals surface area contributed by atoms with Crippen LogP contribution in [0.25, 0.3) is 0 Å². The number of hydrogen-bond donors (Lipinski definition) is 28. The minimum absolute atomic E-state index is 0.00794. The summed E-state index contributed by atoms with van der Waals surface area (Å²) in [7, 11) is -73.6. The Balaban J connectivity index is -0.000000728. The van der Waals surface area contributed by atoms with E-state index < -0.39 is 238 Å². The highest BCUT2D eigenvalue weighted by atomic mass is 31.3. The molecule has 3 aromatic carbocycles. The molecule has 5 unspecified atom stereocenters. The number of esters is 8. The van der Waals surface area contributed by atoms with Gasteiger partial charge in [-0.15, -0.1) is 0 Å². The molecule has 0 aliphatic rings. The predicted octanol–water partition coefficient (Wildman–Crippen LogP) is 2.59. The highest BCUT2D eigenvalue weighted by Gasteiger charge is 2.59. The van der Waals surface area contributed by atoms with E-state index >= 15 is 0 Å². The van der Waals surface area contributed by atoms with Crippen LogP contribution in [0.2, 0.25) is 0 Å². The number of unbranched alkanes of at least 4 members (excludes halogenated alkanes) is 1. The average molecular weight is 2270 g/mol. The van der Waals surface area contributed by atoms with E-state index in [1.807, 2.05) is 0 Å². The van der Waals surface area contributed by atoms with Crippen molar-refractivity contribution in [3.63, 3.8) is 0 Å². The third-order valence-electron chi connectivity index (χ3n) is 13.6. The second-order valence-corrected chi connectivity index (χ2v) is 60.8. The molecule has 0 saturated heterocycles. The molecule has 0 bridgehead atoms. The van der Waals surface area contributed by atoms with Crippen LogP contribution in [0.15, 0.2) is 91.1 Å². The molecular formula is C58H101NO60P16. The summed E-state index contributed by atoms with van der Waals surface area (Å²) in [6, 6.07) is 16.5. The molecule has 0 radical (unpaired) electrons. The molecule has 778 valence electrons. The van der Waals surface area contributed by atoms with Gasteiger partial charge in [0.05, 0.1) is 37.4 Å². The zero-order chi connectivity index (χ0) is 107. The lowest BCUT2D eigenvalue weighted by atomic mass is 10.2. The first kappa shape index (κ1) is 136. The van der Waals surface area contributed by atoms with E-state index in [-0.39, 0.29) is 84.6 Å². The number of pyridine rings is 1. The number of carbonyl (C=O) groups excluding carboxylic acids is 8. The number of hydrogen-bond acceptors (Lipinski definition) is 34. The van der Waals surface area contributed by atoms with Crippen molar-refractivity contribution in [3.05, 3.63) is 102 Å². The van der Waals surface area contributed by atoms with Crippen LogP contribution in [0.5, 0.6) is 23.0 Å². The molecule has 77 heteroatoms. The molecule has 0 fully saturated rings. The fraction of sp³-hybridized carbons (Fsp3) is 0.466. The van der Waals surface area contributed by atoms with Crippen molar-refractivity contribution >= 4 is 179 Å². The highest BCUT2D eigenvalue weighted by Crippen LogP contribution is 2.72. The van der Waals surface area contributed by atoms with E-state index in [9.17, 15) is 131 Å². The van der Waals surface area contributed by atoms with Crippen molar-refractivity contribution in [2.24, 2.45) is 0 Å². The number of carbonyl (C=O) groups is 8. The Morgan fingerprint density at radius 3 is 0.770 bits per heavy atom. The summed E-state index contributed by atoms with van der Waals surface area (Å²) in [6.45, 7) is 8.54. The van der Waals surface area contributed by atoms with Crippen molar-refractivity contribution < 1.29 is 287 Å². The van der Waals surface area contributed by atoms with Gasteiger partial charge in [-0.05, 0) is 97.6 Å². The molecule has 135 heavy (non-hydrogen) atoms. The lowest BCUT2D eigenvalue weighted by Gasteiger charge is -2.28. The molecule has 0 aliphatic heterocycles. The molecule has 4 aromatic rings. The summed E-state index contributed by atoms with van der Waals surface area (Å²) >= 11 is 0. The molecule has 0 saturated carbocycles. The van der Waals surface area contributed by atoms with Crippen LogP contribution in [0, 0.1) is 0 Å². The van der Waals surface area contributed by atoms with Crippen molar-refractivity contribution in [1.82, 2.24) is 4.98 Å². The first-order chi connectivity index (χ1) is 60.0. The third-order valence-corrected chi connectivity index (χ3v) is 45.5. The average Bonchev–Trinajstić information content (AvgIpc) is 0.766. The van der Waals surface area contributed by atoms with E-state index in [1.54, 1.807) is 0 Å². The van der Waals surface area contributed by atoms with Crippen LogP contribution in [-0.2, 0) is 130 Å². The Bertz CT molecular complexity index is 5080. The highest BCUT2D eigenvalue weighted by molar-refractivity contribution is 7.78. The Hall–Kier alpha value is -4.87. The zero-order valence-electron chi connectivity index (χ0n) is 70.8. The first-order valence-electron chi connectivity index (χ1n) is 35.4. The molecule has 1 heterocycles. The van der Waals surface area contributed by atoms with Crippen molar-refractivity contribution in [1.29, 1.82) is 0 Å². The van der Waals surface area contributed by atoms with Gasteiger partial charge in [0.25, 0.3) is 5.08 Å². The standard InChI is InChI=1S/C9H12O8P2.2C9H12O7P2.C8H11NO8P2.C7H16O7P2.C6H14O9P2.2C5H12O7P2/c1-6(10)17-8-4-2-7(3-5-8)9(18(11,12)13)19(14,15)16;2*1-7(10)16-8-2-4-9(5-3-8)17(11,12)6-18(13,14)15;1-5(10)17-6-2-3-7(9-4-6)8(18(11,12)13)19(14,15)16;1-7(8)14-4-2-3-5-15(9,10)6-16(11,12)13;1-5(7)15-4-2-3-6(8,16(9,10)11)17(12,13)14;2*1-5(6)12-2-3-13(7,8)4-14(9,10)11/h2-5,9H,1H3,(H2,11,12,13)(H2,14,15,16);2*2-5H,6H2,1H3,(H,11,12)(H2,13,14,15);2-4,8H,1H3,(H2,11,12,13)(H2,14,15,16);2-6H2,1H3,(H,9,10)(H2,11,12,13);8H,2-4H2,1H3,(H2,9,10,11)(H2,12,13,14);2*2-4H2,1H3,(H,7,8)(H2,9,10,11). The van der Waals surface area contributed by atoms with Crippen LogP contribution in [0.3, 0.4) is 0 Å². The van der Waals surface area contributed by atoms with E-state index in [0.29, 0.717) is 6.42 Å². The SMILES string of the molecule is CC(=O)OCCCC(O)(P(=O)(O)O)P(=O)(O)O.CC(=O)OCCCCP(=O)(O)CP(=O)(O)O.CC(=O)OCCP(=O)(O)CP(=O)(O)O.CC(=O)OCCP(=O)(O)CP(=O)(O)O.CC(=O)Oc1ccc(C(P(=O)(O)O)P(=O)(O)O)cc1.CC(=O)Oc1ccc(C(P(=O)(O)O)P(=O)(O)O)nc1.CC(=O)Oc1ccc(P(=O)(O)CP(=O)(O)O)cc1.CC(=O)Oc1ccc(P(=O)(O)CP(=O)(O)O)cc1.